The first kappa shape index (κ1) is 17.5. The van der Waals surface area contributed by atoms with Gasteiger partial charge in [-0.3, -0.25) is 4.98 Å². The smallest absolute Gasteiger partial charge is 0.243 e. The van der Waals surface area contributed by atoms with Gasteiger partial charge in [0.25, 0.3) is 0 Å². The summed E-state index contributed by atoms with van der Waals surface area (Å²) >= 11 is 0. The molecular weight excluding hydrogens is 346 g/mol. The molecule has 2 aromatic rings. The second kappa shape index (κ2) is 6.35. The van der Waals surface area contributed by atoms with Gasteiger partial charge < -0.3 is 4.90 Å². The number of benzene rings is 1. The molecule has 138 valence electrons. The minimum Gasteiger partial charge on any atom is -0.370 e. The topological polar surface area (TPSA) is 53.5 Å². The zero-order valence-electron chi connectivity index (χ0n) is 15.4. The minimum absolute atomic E-state index is 0.0571. The molecule has 0 bridgehead atoms. The molecule has 4 rings (SSSR count). The number of aryl methyl sites for hydroxylation is 2. The van der Waals surface area contributed by atoms with E-state index >= 15 is 0 Å². The zero-order valence-corrected chi connectivity index (χ0v) is 16.2. The molecule has 1 spiro atoms. The lowest BCUT2D eigenvalue weighted by atomic mass is 9.86. The Hall–Kier alpha value is -1.92. The molecule has 2 aliphatic rings. The van der Waals surface area contributed by atoms with Crippen LogP contribution in [0.2, 0.25) is 0 Å². The van der Waals surface area contributed by atoms with Crippen LogP contribution in [0.4, 0.5) is 5.69 Å². The van der Waals surface area contributed by atoms with Gasteiger partial charge in [0.2, 0.25) is 10.0 Å². The van der Waals surface area contributed by atoms with Crippen LogP contribution in [-0.4, -0.2) is 43.9 Å². The summed E-state index contributed by atoms with van der Waals surface area (Å²) in [4.78, 5) is 6.99. The van der Waals surface area contributed by atoms with E-state index in [1.165, 1.54) is 0 Å². The molecular formula is C20H25N3O2S. The lowest BCUT2D eigenvalue weighted by Crippen LogP contribution is -2.34. The Kier molecular flexibility index (Phi) is 4.28. The highest BCUT2D eigenvalue weighted by atomic mass is 32.2. The van der Waals surface area contributed by atoms with Gasteiger partial charge in [0, 0.05) is 37.8 Å². The molecule has 0 N–H and O–H groups in total. The standard InChI is InChI=1S/C20H25N3O2S/c1-16-5-6-19(17(2)12-16)26(24,25)23-11-8-20(15-23)7-10-22(14-20)18-4-3-9-21-13-18/h3-6,9,12-13H,7-8,10-11,14-15H2,1-2H3. The molecule has 0 radical (unpaired) electrons. The second-order valence-electron chi connectivity index (χ2n) is 7.74. The number of nitrogens with zero attached hydrogens (tertiary/aromatic N) is 3. The molecule has 2 fully saturated rings. The van der Waals surface area contributed by atoms with Crippen molar-refractivity contribution < 1.29 is 8.42 Å². The molecule has 2 aliphatic heterocycles. The third kappa shape index (κ3) is 3.01. The first-order valence-corrected chi connectivity index (χ1v) is 10.6. The minimum atomic E-state index is -3.43. The van der Waals surface area contributed by atoms with E-state index in [4.69, 9.17) is 0 Å². The molecule has 2 saturated heterocycles. The fraction of sp³-hybridized carbons (Fsp3) is 0.450. The Balaban J connectivity index is 1.53. The summed E-state index contributed by atoms with van der Waals surface area (Å²) in [7, 11) is -3.43. The van der Waals surface area contributed by atoms with Crippen LogP contribution in [0.3, 0.4) is 0 Å². The van der Waals surface area contributed by atoms with Gasteiger partial charge >= 0.3 is 0 Å². The molecule has 1 unspecified atom stereocenters. The number of anilines is 1. The highest BCUT2D eigenvalue weighted by Crippen LogP contribution is 2.42. The maximum Gasteiger partial charge on any atom is 0.243 e. The monoisotopic (exact) mass is 371 g/mol. The average Bonchev–Trinajstić information content (AvgIpc) is 3.23. The van der Waals surface area contributed by atoms with E-state index in [1.54, 1.807) is 16.6 Å². The summed E-state index contributed by atoms with van der Waals surface area (Å²) in [5.74, 6) is 0. The highest BCUT2D eigenvalue weighted by molar-refractivity contribution is 7.89. The molecule has 26 heavy (non-hydrogen) atoms. The lowest BCUT2D eigenvalue weighted by molar-refractivity contribution is 0.341. The predicted molar refractivity (Wildman–Crippen MR) is 103 cm³/mol. The van der Waals surface area contributed by atoms with Crippen LogP contribution >= 0.6 is 0 Å². The number of aromatic nitrogens is 1. The predicted octanol–water partition coefficient (Wildman–Crippen LogP) is 2.99. The van der Waals surface area contributed by atoms with Crippen LogP contribution in [0, 0.1) is 19.3 Å². The summed E-state index contributed by atoms with van der Waals surface area (Å²) in [5.41, 5.74) is 3.10. The van der Waals surface area contributed by atoms with Crippen LogP contribution < -0.4 is 4.90 Å². The summed E-state index contributed by atoms with van der Waals surface area (Å²) in [6, 6.07) is 9.60. The van der Waals surface area contributed by atoms with Gasteiger partial charge in [-0.05, 0) is 50.5 Å². The first-order chi connectivity index (χ1) is 12.4. The average molecular weight is 372 g/mol. The van der Waals surface area contributed by atoms with Crippen molar-refractivity contribution in [2.45, 2.75) is 31.6 Å². The van der Waals surface area contributed by atoms with E-state index in [0.29, 0.717) is 18.0 Å². The van der Waals surface area contributed by atoms with Crippen LogP contribution in [0.25, 0.3) is 0 Å². The van der Waals surface area contributed by atoms with E-state index in [-0.39, 0.29) is 5.41 Å². The molecule has 0 aliphatic carbocycles. The third-order valence-corrected chi connectivity index (χ3v) is 7.81. The van der Waals surface area contributed by atoms with E-state index in [0.717, 1.165) is 42.7 Å². The number of rotatable bonds is 3. The Morgan fingerprint density at radius 2 is 1.88 bits per heavy atom. The van der Waals surface area contributed by atoms with Crippen molar-refractivity contribution >= 4 is 15.7 Å². The van der Waals surface area contributed by atoms with Crippen molar-refractivity contribution in [3.05, 3.63) is 53.9 Å². The van der Waals surface area contributed by atoms with E-state index in [2.05, 4.69) is 16.0 Å². The Morgan fingerprint density at radius 3 is 2.62 bits per heavy atom. The maximum atomic E-state index is 13.2. The van der Waals surface area contributed by atoms with Crippen LogP contribution in [-0.2, 0) is 10.0 Å². The van der Waals surface area contributed by atoms with Crippen LogP contribution in [0.5, 0.6) is 0 Å². The largest absolute Gasteiger partial charge is 0.370 e. The summed E-state index contributed by atoms with van der Waals surface area (Å²) in [6.45, 7) is 6.95. The number of pyridine rings is 1. The molecule has 1 aromatic heterocycles. The van der Waals surface area contributed by atoms with Crippen molar-refractivity contribution in [1.82, 2.24) is 9.29 Å². The van der Waals surface area contributed by atoms with Gasteiger partial charge in [-0.2, -0.15) is 4.31 Å². The Labute approximate surface area is 155 Å². The quantitative estimate of drug-likeness (QED) is 0.832. The van der Waals surface area contributed by atoms with Gasteiger partial charge in [-0.1, -0.05) is 17.7 Å². The summed E-state index contributed by atoms with van der Waals surface area (Å²) in [5, 5.41) is 0. The van der Waals surface area contributed by atoms with Gasteiger partial charge in [-0.25, -0.2) is 8.42 Å². The van der Waals surface area contributed by atoms with Crippen molar-refractivity contribution in [3.8, 4) is 0 Å². The van der Waals surface area contributed by atoms with Gasteiger partial charge in [0.05, 0.1) is 16.8 Å². The van der Waals surface area contributed by atoms with Crippen molar-refractivity contribution in [2.24, 2.45) is 5.41 Å². The SMILES string of the molecule is Cc1ccc(S(=O)(=O)N2CCC3(CCN(c4cccnc4)C3)C2)c(C)c1. The van der Waals surface area contributed by atoms with Gasteiger partial charge in [0.1, 0.15) is 0 Å². The van der Waals surface area contributed by atoms with E-state index in [1.807, 2.05) is 38.2 Å². The lowest BCUT2D eigenvalue weighted by Gasteiger charge is -2.25. The fourth-order valence-corrected chi connectivity index (χ4v) is 6.12. The van der Waals surface area contributed by atoms with Crippen LogP contribution in [0.15, 0.2) is 47.6 Å². The van der Waals surface area contributed by atoms with Crippen molar-refractivity contribution in [3.63, 3.8) is 0 Å². The maximum absolute atomic E-state index is 13.2. The highest BCUT2D eigenvalue weighted by Gasteiger charge is 2.47. The van der Waals surface area contributed by atoms with Crippen molar-refractivity contribution in [2.75, 3.05) is 31.1 Å². The van der Waals surface area contributed by atoms with E-state index in [9.17, 15) is 8.42 Å². The number of hydrogen-bond acceptors (Lipinski definition) is 4. The normalized spacial score (nSPS) is 23.8. The van der Waals surface area contributed by atoms with Gasteiger partial charge in [0.15, 0.2) is 0 Å². The molecule has 3 heterocycles. The molecule has 0 saturated carbocycles. The number of sulfonamides is 1. The van der Waals surface area contributed by atoms with Gasteiger partial charge in [-0.15, -0.1) is 0 Å². The van der Waals surface area contributed by atoms with E-state index < -0.39 is 10.0 Å². The van der Waals surface area contributed by atoms with Crippen LogP contribution in [0.1, 0.15) is 24.0 Å². The first-order valence-electron chi connectivity index (χ1n) is 9.12. The molecule has 0 amide bonds. The molecule has 1 aromatic carbocycles. The molecule has 5 nitrogen and oxygen atoms in total. The molecule has 1 atom stereocenters. The fourth-order valence-electron chi connectivity index (χ4n) is 4.36. The third-order valence-electron chi connectivity index (χ3n) is 5.80. The van der Waals surface area contributed by atoms with Crippen molar-refractivity contribution in [1.29, 1.82) is 0 Å². The zero-order chi connectivity index (χ0) is 18.4. The summed E-state index contributed by atoms with van der Waals surface area (Å²) < 4.78 is 28.0. The second-order valence-corrected chi connectivity index (χ2v) is 9.65. The number of hydrogen-bond donors (Lipinski definition) is 0. The summed E-state index contributed by atoms with van der Waals surface area (Å²) in [6.07, 6.45) is 5.62. The Morgan fingerprint density at radius 1 is 1.08 bits per heavy atom. The molecule has 6 heteroatoms. The Bertz CT molecular complexity index is 914.